The number of anilines is 1. The summed E-state index contributed by atoms with van der Waals surface area (Å²) in [5, 5.41) is 4.68. The van der Waals surface area contributed by atoms with Crippen molar-refractivity contribution in [3.8, 4) is 11.6 Å². The first-order chi connectivity index (χ1) is 10.6. The van der Waals surface area contributed by atoms with E-state index < -0.39 is 0 Å². The normalized spacial score (nSPS) is 21.7. The van der Waals surface area contributed by atoms with Gasteiger partial charge in [-0.25, -0.2) is 19.5 Å². The van der Waals surface area contributed by atoms with Crippen LogP contribution in [-0.2, 0) is 0 Å². The van der Waals surface area contributed by atoms with Gasteiger partial charge >= 0.3 is 0 Å². The van der Waals surface area contributed by atoms with Gasteiger partial charge in [0.05, 0.1) is 11.9 Å². The van der Waals surface area contributed by atoms with Gasteiger partial charge in [-0.3, -0.25) is 0 Å². The van der Waals surface area contributed by atoms with Gasteiger partial charge in [0.25, 0.3) is 0 Å². The van der Waals surface area contributed by atoms with Crippen molar-refractivity contribution in [3.05, 3.63) is 24.0 Å². The molecule has 0 amide bonds. The molecular formula is C15H18N6O. The molecule has 4 rings (SSSR count). The van der Waals surface area contributed by atoms with Crippen molar-refractivity contribution >= 4 is 11.5 Å². The van der Waals surface area contributed by atoms with Gasteiger partial charge in [-0.2, -0.15) is 5.10 Å². The summed E-state index contributed by atoms with van der Waals surface area (Å²) in [6, 6.07) is 0. The number of fused-ring (bicyclic) bond motifs is 1. The summed E-state index contributed by atoms with van der Waals surface area (Å²) >= 11 is 0. The maximum Gasteiger partial charge on any atom is 0.246 e. The molecule has 1 fully saturated rings. The van der Waals surface area contributed by atoms with Gasteiger partial charge in [0.2, 0.25) is 5.89 Å². The third-order valence-electron chi connectivity index (χ3n) is 4.44. The minimum absolute atomic E-state index is 0.351. The van der Waals surface area contributed by atoms with E-state index in [1.54, 1.807) is 10.7 Å². The summed E-state index contributed by atoms with van der Waals surface area (Å²) in [4.78, 5) is 13.2. The third-order valence-corrected chi connectivity index (χ3v) is 4.44. The Bertz CT molecular complexity index is 822. The van der Waals surface area contributed by atoms with Crippen LogP contribution in [0.5, 0.6) is 0 Å². The molecular weight excluding hydrogens is 280 g/mol. The number of rotatable bonds is 2. The summed E-state index contributed by atoms with van der Waals surface area (Å²) in [5.41, 5.74) is 8.11. The van der Waals surface area contributed by atoms with Crippen LogP contribution in [0.3, 0.4) is 0 Å². The SMILES string of the molecule is Cc1c(-c2ncco2)nc(N)c2nc(C3CCC(C)C3)nn12. The Morgan fingerprint density at radius 2 is 2.18 bits per heavy atom. The Labute approximate surface area is 127 Å². The van der Waals surface area contributed by atoms with Crippen LogP contribution in [0.2, 0.25) is 0 Å². The molecule has 2 unspecified atom stereocenters. The average Bonchev–Trinajstić information content (AvgIpc) is 3.21. The van der Waals surface area contributed by atoms with E-state index >= 15 is 0 Å². The Kier molecular flexibility index (Phi) is 2.88. The standard InChI is InChI=1S/C15H18N6O/c1-8-3-4-10(7-8)13-19-14-12(16)18-11(9(2)21(14)20-13)15-17-5-6-22-15/h5-6,8,10H,3-4,7H2,1-2H3,(H2,16,18). The number of nitrogens with two attached hydrogens (primary N) is 1. The number of nitrogen functional groups attached to an aromatic ring is 1. The summed E-state index contributed by atoms with van der Waals surface area (Å²) in [5.74, 6) is 2.81. The van der Waals surface area contributed by atoms with Crippen LogP contribution in [0.4, 0.5) is 5.82 Å². The van der Waals surface area contributed by atoms with Crippen LogP contribution in [0.15, 0.2) is 16.9 Å². The van der Waals surface area contributed by atoms with Gasteiger partial charge in [-0.1, -0.05) is 6.92 Å². The van der Waals surface area contributed by atoms with E-state index in [0.717, 1.165) is 30.3 Å². The largest absolute Gasteiger partial charge is 0.443 e. The Morgan fingerprint density at radius 1 is 1.32 bits per heavy atom. The van der Waals surface area contributed by atoms with E-state index in [-0.39, 0.29) is 0 Å². The molecule has 0 spiro atoms. The van der Waals surface area contributed by atoms with Crippen LogP contribution in [0.1, 0.15) is 43.6 Å². The van der Waals surface area contributed by atoms with Crippen molar-refractivity contribution < 1.29 is 4.42 Å². The summed E-state index contributed by atoms with van der Waals surface area (Å²) in [6.45, 7) is 4.20. The number of hydrogen-bond acceptors (Lipinski definition) is 6. The van der Waals surface area contributed by atoms with Crippen molar-refractivity contribution in [2.24, 2.45) is 5.92 Å². The number of nitrogens with zero attached hydrogens (tertiary/aromatic N) is 5. The molecule has 0 saturated heterocycles. The molecule has 0 bridgehead atoms. The first-order valence-corrected chi connectivity index (χ1v) is 7.56. The molecule has 3 heterocycles. The molecule has 1 aliphatic carbocycles. The quantitative estimate of drug-likeness (QED) is 0.781. The Balaban J connectivity index is 1.85. The highest BCUT2D eigenvalue weighted by atomic mass is 16.3. The topological polar surface area (TPSA) is 95.1 Å². The molecule has 114 valence electrons. The van der Waals surface area contributed by atoms with Gasteiger partial charge in [0.15, 0.2) is 17.3 Å². The lowest BCUT2D eigenvalue weighted by Gasteiger charge is -2.05. The lowest BCUT2D eigenvalue weighted by atomic mass is 10.1. The first-order valence-electron chi connectivity index (χ1n) is 7.56. The van der Waals surface area contributed by atoms with E-state index in [2.05, 4.69) is 27.0 Å². The molecule has 7 heteroatoms. The predicted molar refractivity (Wildman–Crippen MR) is 81.2 cm³/mol. The fraction of sp³-hybridized carbons (Fsp3) is 0.467. The maximum absolute atomic E-state index is 6.07. The molecule has 1 saturated carbocycles. The number of oxazole rings is 1. The highest BCUT2D eigenvalue weighted by Gasteiger charge is 2.27. The van der Waals surface area contributed by atoms with Crippen LogP contribution in [-0.4, -0.2) is 24.6 Å². The van der Waals surface area contributed by atoms with Crippen molar-refractivity contribution in [1.29, 1.82) is 0 Å². The summed E-state index contributed by atoms with van der Waals surface area (Å²) in [7, 11) is 0. The molecule has 22 heavy (non-hydrogen) atoms. The lowest BCUT2D eigenvalue weighted by Crippen LogP contribution is -2.05. The Morgan fingerprint density at radius 3 is 2.86 bits per heavy atom. The maximum atomic E-state index is 6.07. The fourth-order valence-corrected chi connectivity index (χ4v) is 3.24. The zero-order chi connectivity index (χ0) is 15.3. The smallest absolute Gasteiger partial charge is 0.246 e. The molecule has 3 aromatic heterocycles. The number of hydrogen-bond donors (Lipinski definition) is 1. The molecule has 0 aliphatic heterocycles. The average molecular weight is 298 g/mol. The monoisotopic (exact) mass is 298 g/mol. The van der Waals surface area contributed by atoms with Gasteiger partial charge < -0.3 is 10.2 Å². The van der Waals surface area contributed by atoms with E-state index in [0.29, 0.717) is 29.0 Å². The highest BCUT2D eigenvalue weighted by Crippen LogP contribution is 2.37. The van der Waals surface area contributed by atoms with Gasteiger partial charge in [0.1, 0.15) is 12.0 Å². The van der Waals surface area contributed by atoms with Crippen molar-refractivity contribution in [3.63, 3.8) is 0 Å². The van der Waals surface area contributed by atoms with Crippen molar-refractivity contribution in [1.82, 2.24) is 24.6 Å². The molecule has 3 aromatic rings. The van der Waals surface area contributed by atoms with Crippen molar-refractivity contribution in [2.45, 2.75) is 39.0 Å². The van der Waals surface area contributed by atoms with E-state index in [1.165, 1.54) is 12.7 Å². The molecule has 0 aromatic carbocycles. The molecule has 2 N–H and O–H groups in total. The van der Waals surface area contributed by atoms with E-state index in [9.17, 15) is 0 Å². The zero-order valence-electron chi connectivity index (χ0n) is 12.7. The van der Waals surface area contributed by atoms with Gasteiger partial charge in [-0.05, 0) is 32.1 Å². The molecule has 7 nitrogen and oxygen atoms in total. The fourth-order valence-electron chi connectivity index (χ4n) is 3.24. The highest BCUT2D eigenvalue weighted by molar-refractivity contribution is 5.66. The lowest BCUT2D eigenvalue weighted by molar-refractivity contribution is 0.570. The van der Waals surface area contributed by atoms with Gasteiger partial charge in [0, 0.05) is 5.92 Å². The third kappa shape index (κ3) is 1.96. The zero-order valence-corrected chi connectivity index (χ0v) is 12.7. The Hall–Kier alpha value is -2.44. The predicted octanol–water partition coefficient (Wildman–Crippen LogP) is 2.57. The molecule has 1 aliphatic rings. The number of aromatic nitrogens is 5. The minimum atomic E-state index is 0.351. The summed E-state index contributed by atoms with van der Waals surface area (Å²) in [6.07, 6.45) is 6.61. The first kappa shape index (κ1) is 13.2. The van der Waals surface area contributed by atoms with E-state index in [1.807, 2.05) is 6.92 Å². The number of aryl methyl sites for hydroxylation is 1. The van der Waals surface area contributed by atoms with Crippen LogP contribution >= 0.6 is 0 Å². The second kappa shape index (κ2) is 4.79. The second-order valence-corrected chi connectivity index (χ2v) is 6.09. The molecule has 2 atom stereocenters. The van der Waals surface area contributed by atoms with Gasteiger partial charge in [-0.15, -0.1) is 0 Å². The van der Waals surface area contributed by atoms with Crippen molar-refractivity contribution in [2.75, 3.05) is 5.73 Å². The summed E-state index contributed by atoms with van der Waals surface area (Å²) < 4.78 is 7.10. The van der Waals surface area contributed by atoms with Crippen LogP contribution < -0.4 is 5.73 Å². The van der Waals surface area contributed by atoms with E-state index in [4.69, 9.17) is 10.2 Å². The second-order valence-electron chi connectivity index (χ2n) is 6.09. The minimum Gasteiger partial charge on any atom is -0.443 e. The van der Waals surface area contributed by atoms with Crippen LogP contribution in [0.25, 0.3) is 17.2 Å². The molecule has 0 radical (unpaired) electrons. The van der Waals surface area contributed by atoms with Crippen LogP contribution in [0, 0.1) is 12.8 Å².